The Morgan fingerprint density at radius 2 is 1.48 bits per heavy atom. The lowest BCUT2D eigenvalue weighted by molar-refractivity contribution is -0.144. The lowest BCUT2D eigenvalue weighted by Crippen LogP contribution is -2.21. The van der Waals surface area contributed by atoms with Crippen molar-refractivity contribution in [3.8, 4) is 5.75 Å². The summed E-state index contributed by atoms with van der Waals surface area (Å²) in [6.07, 6.45) is 0. The maximum absolute atomic E-state index is 12.5. The molecular formula is C22H24O5. The molecule has 2 aromatic carbocycles. The van der Waals surface area contributed by atoms with Crippen LogP contribution >= 0.6 is 0 Å². The van der Waals surface area contributed by atoms with Gasteiger partial charge in [0.2, 0.25) is 5.78 Å². The van der Waals surface area contributed by atoms with E-state index >= 15 is 0 Å². The van der Waals surface area contributed by atoms with E-state index in [0.717, 1.165) is 22.3 Å². The Morgan fingerprint density at radius 3 is 2.07 bits per heavy atom. The highest BCUT2D eigenvalue weighted by molar-refractivity contribution is 6.01. The largest absolute Gasteiger partial charge is 0.482 e. The predicted molar refractivity (Wildman–Crippen MR) is 103 cm³/mol. The fraction of sp³-hybridized carbons (Fsp3) is 0.318. The van der Waals surface area contributed by atoms with E-state index in [-0.39, 0.29) is 24.8 Å². The van der Waals surface area contributed by atoms with Crippen LogP contribution in [0.2, 0.25) is 0 Å². The zero-order valence-corrected chi connectivity index (χ0v) is 16.3. The van der Waals surface area contributed by atoms with Crippen molar-refractivity contribution in [2.45, 2.75) is 34.6 Å². The Labute approximate surface area is 159 Å². The first kappa shape index (κ1) is 20.4. The molecule has 0 bridgehead atoms. The molecule has 0 N–H and O–H groups in total. The van der Waals surface area contributed by atoms with Gasteiger partial charge < -0.3 is 9.47 Å². The molecule has 0 amide bonds. The lowest BCUT2D eigenvalue weighted by Gasteiger charge is -2.14. The molecule has 2 aromatic rings. The summed E-state index contributed by atoms with van der Waals surface area (Å²) in [4.78, 5) is 35.6. The molecule has 0 fully saturated rings. The van der Waals surface area contributed by atoms with E-state index in [4.69, 9.17) is 9.47 Å². The highest BCUT2D eigenvalue weighted by Gasteiger charge is 2.17. The van der Waals surface area contributed by atoms with Gasteiger partial charge in [-0.3, -0.25) is 9.59 Å². The van der Waals surface area contributed by atoms with E-state index in [9.17, 15) is 14.4 Å². The van der Waals surface area contributed by atoms with Gasteiger partial charge in [0.1, 0.15) is 5.75 Å². The van der Waals surface area contributed by atoms with Crippen molar-refractivity contribution < 1.29 is 23.9 Å². The van der Waals surface area contributed by atoms with Gasteiger partial charge in [0.25, 0.3) is 0 Å². The fourth-order valence-corrected chi connectivity index (χ4v) is 2.90. The van der Waals surface area contributed by atoms with Crippen LogP contribution in [0.5, 0.6) is 5.75 Å². The van der Waals surface area contributed by atoms with E-state index in [1.54, 1.807) is 24.3 Å². The number of rotatable bonds is 7. The Bertz CT molecular complexity index is 879. The van der Waals surface area contributed by atoms with Crippen LogP contribution in [0.3, 0.4) is 0 Å². The number of ketones is 2. The molecule has 0 atom stereocenters. The molecule has 5 nitrogen and oxygen atoms in total. The smallest absolute Gasteiger partial charge is 0.344 e. The summed E-state index contributed by atoms with van der Waals surface area (Å²) in [5.41, 5.74) is 5.14. The second-order valence-electron chi connectivity index (χ2n) is 6.59. The van der Waals surface area contributed by atoms with Crippen molar-refractivity contribution in [3.63, 3.8) is 0 Å². The third kappa shape index (κ3) is 5.03. The highest BCUT2D eigenvalue weighted by atomic mass is 16.6. The van der Waals surface area contributed by atoms with E-state index in [1.165, 1.54) is 6.92 Å². The minimum atomic E-state index is -0.627. The Hall–Kier alpha value is -2.95. The van der Waals surface area contributed by atoms with Crippen molar-refractivity contribution in [2.24, 2.45) is 0 Å². The van der Waals surface area contributed by atoms with Gasteiger partial charge in [0, 0.05) is 11.1 Å². The summed E-state index contributed by atoms with van der Waals surface area (Å²) < 4.78 is 10.4. The molecule has 142 valence electrons. The molecule has 0 saturated heterocycles. The molecule has 0 heterocycles. The third-order valence-corrected chi connectivity index (χ3v) is 4.62. The zero-order chi connectivity index (χ0) is 20.1. The molecule has 0 aliphatic rings. The van der Waals surface area contributed by atoms with Crippen LogP contribution in [0.25, 0.3) is 0 Å². The van der Waals surface area contributed by atoms with Crippen LogP contribution in [0.1, 0.15) is 49.9 Å². The highest BCUT2D eigenvalue weighted by Crippen LogP contribution is 2.22. The Kier molecular flexibility index (Phi) is 6.50. The normalized spacial score (nSPS) is 10.4. The molecule has 0 aliphatic carbocycles. The van der Waals surface area contributed by atoms with E-state index < -0.39 is 5.97 Å². The molecular weight excluding hydrogens is 344 g/mol. The van der Waals surface area contributed by atoms with Crippen LogP contribution in [-0.4, -0.2) is 30.7 Å². The molecule has 0 unspecified atom stereocenters. The quantitative estimate of drug-likeness (QED) is 0.547. The van der Waals surface area contributed by atoms with Crippen LogP contribution in [-0.2, 0) is 9.53 Å². The molecule has 27 heavy (non-hydrogen) atoms. The molecule has 0 saturated carbocycles. The SMILES string of the molecule is CC(=O)c1ccc(OCC(=O)OCC(=O)c2c(C)cc(C)c(C)c2C)cc1. The summed E-state index contributed by atoms with van der Waals surface area (Å²) in [7, 11) is 0. The van der Waals surface area contributed by atoms with Gasteiger partial charge in [-0.2, -0.15) is 0 Å². The predicted octanol–water partition coefficient (Wildman–Crippen LogP) is 3.93. The standard InChI is InChI=1S/C22H24O5/c1-13-10-14(2)22(16(4)15(13)3)20(24)11-27-21(25)12-26-19-8-6-18(7-9-19)17(5)23/h6-10H,11-12H2,1-5H3. The average molecular weight is 368 g/mol. The minimum Gasteiger partial charge on any atom is -0.482 e. The van der Waals surface area contributed by atoms with Crippen molar-refractivity contribution in [2.75, 3.05) is 13.2 Å². The number of hydrogen-bond acceptors (Lipinski definition) is 5. The summed E-state index contributed by atoms with van der Waals surface area (Å²) in [5, 5.41) is 0. The minimum absolute atomic E-state index is 0.0450. The monoisotopic (exact) mass is 368 g/mol. The number of hydrogen-bond donors (Lipinski definition) is 0. The van der Waals surface area contributed by atoms with Crippen LogP contribution in [0, 0.1) is 27.7 Å². The van der Waals surface area contributed by atoms with Gasteiger partial charge in [-0.05, 0) is 81.1 Å². The number of Topliss-reactive ketones (excluding diaryl/α,β-unsaturated/α-hetero) is 2. The second-order valence-corrected chi connectivity index (χ2v) is 6.59. The number of carbonyl (C=O) groups excluding carboxylic acids is 3. The van der Waals surface area contributed by atoms with Crippen LogP contribution < -0.4 is 4.74 Å². The van der Waals surface area contributed by atoms with Gasteiger partial charge in [0.15, 0.2) is 19.0 Å². The summed E-state index contributed by atoms with van der Waals surface area (Å²) in [5.74, 6) is -0.453. The maximum atomic E-state index is 12.5. The lowest BCUT2D eigenvalue weighted by atomic mass is 9.92. The first-order valence-corrected chi connectivity index (χ1v) is 8.70. The Morgan fingerprint density at radius 1 is 0.852 bits per heavy atom. The summed E-state index contributed by atoms with van der Waals surface area (Å²) >= 11 is 0. The van der Waals surface area contributed by atoms with Gasteiger partial charge in [-0.1, -0.05) is 6.07 Å². The topological polar surface area (TPSA) is 69.7 Å². The van der Waals surface area contributed by atoms with Crippen molar-refractivity contribution in [1.29, 1.82) is 0 Å². The van der Waals surface area contributed by atoms with Crippen LogP contribution in [0.4, 0.5) is 0 Å². The number of aryl methyl sites for hydroxylation is 2. The molecule has 0 spiro atoms. The number of ether oxygens (including phenoxy) is 2. The van der Waals surface area contributed by atoms with Crippen molar-refractivity contribution in [1.82, 2.24) is 0 Å². The second kappa shape index (κ2) is 8.62. The maximum Gasteiger partial charge on any atom is 0.344 e. The zero-order valence-electron chi connectivity index (χ0n) is 16.3. The summed E-state index contributed by atoms with van der Waals surface area (Å²) in [6.45, 7) is 8.60. The molecule has 0 aromatic heterocycles. The molecule has 5 heteroatoms. The number of carbonyl (C=O) groups is 3. The van der Waals surface area contributed by atoms with E-state index in [0.29, 0.717) is 16.9 Å². The summed E-state index contributed by atoms with van der Waals surface area (Å²) in [6, 6.07) is 8.43. The van der Waals surface area contributed by atoms with Crippen molar-refractivity contribution >= 4 is 17.5 Å². The first-order chi connectivity index (χ1) is 12.7. The van der Waals surface area contributed by atoms with Crippen LogP contribution in [0.15, 0.2) is 30.3 Å². The van der Waals surface area contributed by atoms with E-state index in [1.807, 2.05) is 33.8 Å². The third-order valence-electron chi connectivity index (χ3n) is 4.62. The molecule has 2 rings (SSSR count). The number of esters is 1. The number of benzene rings is 2. The fourth-order valence-electron chi connectivity index (χ4n) is 2.90. The van der Waals surface area contributed by atoms with Gasteiger partial charge in [0.05, 0.1) is 0 Å². The van der Waals surface area contributed by atoms with Crippen molar-refractivity contribution in [3.05, 3.63) is 63.7 Å². The van der Waals surface area contributed by atoms with E-state index in [2.05, 4.69) is 0 Å². The molecule has 0 aliphatic heterocycles. The first-order valence-electron chi connectivity index (χ1n) is 8.70. The Balaban J connectivity index is 1.91. The molecule has 0 radical (unpaired) electrons. The van der Waals surface area contributed by atoms with Gasteiger partial charge in [-0.15, -0.1) is 0 Å². The average Bonchev–Trinajstić information content (AvgIpc) is 2.63. The van der Waals surface area contributed by atoms with Gasteiger partial charge in [-0.25, -0.2) is 4.79 Å². The van der Waals surface area contributed by atoms with Gasteiger partial charge >= 0.3 is 5.97 Å².